The summed E-state index contributed by atoms with van der Waals surface area (Å²) >= 11 is 0. The van der Waals surface area contributed by atoms with E-state index < -0.39 is 0 Å². The Bertz CT molecular complexity index is 348. The van der Waals surface area contributed by atoms with Crippen LogP contribution in [0.5, 0.6) is 0 Å². The summed E-state index contributed by atoms with van der Waals surface area (Å²) in [4.78, 5) is 0. The summed E-state index contributed by atoms with van der Waals surface area (Å²) in [5, 5.41) is 13.6. The first kappa shape index (κ1) is 13.6. The highest BCUT2D eigenvalue weighted by Gasteiger charge is 2.20. The minimum atomic E-state index is -0.162. The summed E-state index contributed by atoms with van der Waals surface area (Å²) in [5.74, 6) is 0. The third-order valence-electron chi connectivity index (χ3n) is 3.84. The second-order valence-corrected chi connectivity index (χ2v) is 5.45. The zero-order valence-corrected chi connectivity index (χ0v) is 11.4. The van der Waals surface area contributed by atoms with Gasteiger partial charge in [0.2, 0.25) is 0 Å². The van der Waals surface area contributed by atoms with E-state index in [1.807, 2.05) is 0 Å². The minimum Gasteiger partial charge on any atom is -0.392 e. The number of aryl methyl sites for hydroxylation is 1. The number of nitrogens with one attached hydrogen (secondary N) is 1. The van der Waals surface area contributed by atoms with Gasteiger partial charge in [-0.2, -0.15) is 0 Å². The van der Waals surface area contributed by atoms with E-state index in [-0.39, 0.29) is 12.1 Å². The smallest absolute Gasteiger partial charge is 0.0693 e. The monoisotopic (exact) mass is 250 g/mol. The Balaban J connectivity index is 1.81. The van der Waals surface area contributed by atoms with Gasteiger partial charge in [0.15, 0.2) is 0 Å². The van der Waals surface area contributed by atoms with Crippen molar-refractivity contribution in [2.45, 2.75) is 70.7 Å². The van der Waals surface area contributed by atoms with Gasteiger partial charge >= 0.3 is 0 Å². The standard InChI is InChI=1S/C15H26N2O/c1-2-9-17-10-8-13(12-17)11-16-14-6-4-3-5-7-15(14)18/h8,10,12,14-16,18H,2-7,9,11H2,1H3. The Labute approximate surface area is 110 Å². The van der Waals surface area contributed by atoms with E-state index in [1.165, 1.54) is 31.2 Å². The zero-order valence-electron chi connectivity index (χ0n) is 11.4. The van der Waals surface area contributed by atoms with Gasteiger partial charge in [-0.05, 0) is 30.9 Å². The molecule has 1 fully saturated rings. The van der Waals surface area contributed by atoms with Crippen LogP contribution in [-0.2, 0) is 13.1 Å². The second-order valence-electron chi connectivity index (χ2n) is 5.45. The van der Waals surface area contributed by atoms with Gasteiger partial charge in [0, 0.05) is 31.5 Å². The van der Waals surface area contributed by atoms with Crippen LogP contribution in [0.15, 0.2) is 18.5 Å². The number of hydrogen-bond donors (Lipinski definition) is 2. The zero-order chi connectivity index (χ0) is 12.8. The molecule has 1 aromatic heterocycles. The third-order valence-corrected chi connectivity index (χ3v) is 3.84. The fourth-order valence-electron chi connectivity index (χ4n) is 2.77. The molecule has 2 N–H and O–H groups in total. The Hall–Kier alpha value is -0.800. The number of nitrogens with zero attached hydrogens (tertiary/aromatic N) is 1. The summed E-state index contributed by atoms with van der Waals surface area (Å²) in [7, 11) is 0. The molecule has 0 aliphatic heterocycles. The molecule has 0 spiro atoms. The Morgan fingerprint density at radius 3 is 3.00 bits per heavy atom. The van der Waals surface area contributed by atoms with E-state index in [4.69, 9.17) is 0 Å². The number of aliphatic hydroxyl groups excluding tert-OH is 1. The van der Waals surface area contributed by atoms with Crippen LogP contribution in [0, 0.1) is 0 Å². The van der Waals surface area contributed by atoms with Crippen molar-refractivity contribution in [3.05, 3.63) is 24.0 Å². The average molecular weight is 250 g/mol. The maximum Gasteiger partial charge on any atom is 0.0693 e. The number of rotatable bonds is 5. The lowest BCUT2D eigenvalue weighted by Gasteiger charge is -2.21. The van der Waals surface area contributed by atoms with Crippen LogP contribution in [0.3, 0.4) is 0 Å². The molecule has 1 aromatic rings. The van der Waals surface area contributed by atoms with Crippen LogP contribution >= 0.6 is 0 Å². The lowest BCUT2D eigenvalue weighted by Crippen LogP contribution is -2.38. The molecule has 0 amide bonds. The summed E-state index contributed by atoms with van der Waals surface area (Å²) in [5.41, 5.74) is 1.32. The maximum absolute atomic E-state index is 10.0. The molecule has 1 aliphatic rings. The molecule has 2 rings (SSSR count). The molecule has 2 atom stereocenters. The molecule has 0 saturated heterocycles. The van der Waals surface area contributed by atoms with Gasteiger partial charge in [0.25, 0.3) is 0 Å². The largest absolute Gasteiger partial charge is 0.392 e. The van der Waals surface area contributed by atoms with Crippen LogP contribution in [0.4, 0.5) is 0 Å². The highest BCUT2D eigenvalue weighted by molar-refractivity contribution is 5.10. The first-order valence-corrected chi connectivity index (χ1v) is 7.35. The summed E-state index contributed by atoms with van der Waals surface area (Å²) < 4.78 is 2.24. The second kappa shape index (κ2) is 6.95. The van der Waals surface area contributed by atoms with Crippen molar-refractivity contribution in [1.29, 1.82) is 0 Å². The fourth-order valence-corrected chi connectivity index (χ4v) is 2.77. The molecule has 102 valence electrons. The van der Waals surface area contributed by atoms with Crippen molar-refractivity contribution in [1.82, 2.24) is 9.88 Å². The molecule has 0 aromatic carbocycles. The molecule has 1 saturated carbocycles. The van der Waals surface area contributed by atoms with Crippen LogP contribution in [0.2, 0.25) is 0 Å². The Morgan fingerprint density at radius 1 is 1.33 bits per heavy atom. The predicted octanol–water partition coefficient (Wildman–Crippen LogP) is 2.68. The van der Waals surface area contributed by atoms with Gasteiger partial charge in [-0.3, -0.25) is 0 Å². The lowest BCUT2D eigenvalue weighted by molar-refractivity contribution is 0.119. The normalized spacial score (nSPS) is 25.0. The van der Waals surface area contributed by atoms with E-state index in [2.05, 4.69) is 35.3 Å². The molecular weight excluding hydrogens is 224 g/mol. The molecule has 3 nitrogen and oxygen atoms in total. The number of hydrogen-bond acceptors (Lipinski definition) is 2. The molecule has 18 heavy (non-hydrogen) atoms. The van der Waals surface area contributed by atoms with Gasteiger partial charge in [-0.15, -0.1) is 0 Å². The molecule has 1 aliphatic carbocycles. The summed E-state index contributed by atoms with van der Waals surface area (Å²) in [6.45, 7) is 4.16. The van der Waals surface area contributed by atoms with Crippen molar-refractivity contribution < 1.29 is 5.11 Å². The maximum atomic E-state index is 10.0. The van der Waals surface area contributed by atoms with Gasteiger partial charge < -0.3 is 15.0 Å². The number of aliphatic hydroxyl groups is 1. The quantitative estimate of drug-likeness (QED) is 0.788. The van der Waals surface area contributed by atoms with Gasteiger partial charge in [0.1, 0.15) is 0 Å². The molecule has 0 bridgehead atoms. The first-order valence-electron chi connectivity index (χ1n) is 7.35. The molecule has 1 heterocycles. The van der Waals surface area contributed by atoms with E-state index in [0.717, 1.165) is 25.9 Å². The average Bonchev–Trinajstić information content (AvgIpc) is 2.70. The van der Waals surface area contributed by atoms with Crippen molar-refractivity contribution in [2.24, 2.45) is 0 Å². The van der Waals surface area contributed by atoms with Crippen molar-refractivity contribution in [2.75, 3.05) is 0 Å². The van der Waals surface area contributed by atoms with Crippen molar-refractivity contribution >= 4 is 0 Å². The highest BCUT2D eigenvalue weighted by atomic mass is 16.3. The van der Waals surface area contributed by atoms with E-state index in [9.17, 15) is 5.11 Å². The molecular formula is C15H26N2O. The van der Waals surface area contributed by atoms with Gasteiger partial charge in [0.05, 0.1) is 6.10 Å². The van der Waals surface area contributed by atoms with Crippen LogP contribution < -0.4 is 5.32 Å². The van der Waals surface area contributed by atoms with E-state index in [0.29, 0.717) is 0 Å². The summed E-state index contributed by atoms with van der Waals surface area (Å²) in [6.07, 6.45) is 11.1. The van der Waals surface area contributed by atoms with Crippen molar-refractivity contribution in [3.8, 4) is 0 Å². The Morgan fingerprint density at radius 2 is 2.17 bits per heavy atom. The van der Waals surface area contributed by atoms with E-state index in [1.54, 1.807) is 0 Å². The minimum absolute atomic E-state index is 0.162. The summed E-state index contributed by atoms with van der Waals surface area (Å²) in [6, 6.07) is 2.45. The molecule has 2 unspecified atom stereocenters. The van der Waals surface area contributed by atoms with Crippen LogP contribution in [-0.4, -0.2) is 21.8 Å². The fraction of sp³-hybridized carbons (Fsp3) is 0.733. The molecule has 0 radical (unpaired) electrons. The molecule has 3 heteroatoms. The number of aromatic nitrogens is 1. The van der Waals surface area contributed by atoms with Crippen molar-refractivity contribution in [3.63, 3.8) is 0 Å². The first-order chi connectivity index (χ1) is 8.79. The topological polar surface area (TPSA) is 37.2 Å². The highest BCUT2D eigenvalue weighted by Crippen LogP contribution is 2.18. The predicted molar refractivity (Wildman–Crippen MR) is 74.4 cm³/mol. The van der Waals surface area contributed by atoms with E-state index >= 15 is 0 Å². The van der Waals surface area contributed by atoms with Gasteiger partial charge in [-0.25, -0.2) is 0 Å². The van der Waals surface area contributed by atoms with Gasteiger partial charge in [-0.1, -0.05) is 26.2 Å². The van der Waals surface area contributed by atoms with Crippen LogP contribution in [0.25, 0.3) is 0 Å². The third kappa shape index (κ3) is 3.85. The van der Waals surface area contributed by atoms with Crippen LogP contribution in [0.1, 0.15) is 51.0 Å². The lowest BCUT2D eigenvalue weighted by atomic mass is 10.1. The SMILES string of the molecule is CCCn1ccc(CNC2CCCCCC2O)c1. The Kier molecular flexibility index (Phi) is 5.26.